The molecule has 2 aromatic rings. The molecule has 0 radical (unpaired) electrons. The van der Waals surface area contributed by atoms with Crippen LogP contribution >= 0.6 is 11.8 Å². The number of nitrogens with zero attached hydrogens (tertiary/aromatic N) is 1. The fraction of sp³-hybridized carbons (Fsp3) is 0.263. The van der Waals surface area contributed by atoms with Crippen LogP contribution in [0.5, 0.6) is 0 Å². The number of amides is 2. The van der Waals surface area contributed by atoms with Crippen molar-refractivity contribution in [2.45, 2.75) is 12.7 Å². The van der Waals surface area contributed by atoms with E-state index in [0.717, 1.165) is 17.0 Å². The lowest BCUT2D eigenvalue weighted by molar-refractivity contribution is -0.131. The zero-order chi connectivity index (χ0) is 17.4. The van der Waals surface area contributed by atoms with Crippen LogP contribution in [0.25, 0.3) is 0 Å². The Labute approximate surface area is 147 Å². The van der Waals surface area contributed by atoms with Gasteiger partial charge in [-0.2, -0.15) is 0 Å². The van der Waals surface area contributed by atoms with E-state index in [4.69, 9.17) is 0 Å². The smallest absolute Gasteiger partial charge is 0.243 e. The number of carbonyl (C=O) groups is 2. The molecule has 0 aromatic heterocycles. The SMILES string of the molecule is Cc1ccc(NC(=O)CN(C)C(=O)CSCc2ccccc2)cc1. The van der Waals surface area contributed by atoms with E-state index in [-0.39, 0.29) is 18.4 Å². The highest BCUT2D eigenvalue weighted by Crippen LogP contribution is 2.12. The minimum Gasteiger partial charge on any atom is -0.336 e. The van der Waals surface area contributed by atoms with E-state index in [0.29, 0.717) is 5.75 Å². The zero-order valence-corrected chi connectivity index (χ0v) is 14.8. The molecule has 0 spiro atoms. The van der Waals surface area contributed by atoms with Crippen molar-refractivity contribution in [2.75, 3.05) is 24.7 Å². The number of benzene rings is 2. The number of aryl methyl sites for hydroxylation is 1. The molecule has 2 aromatic carbocycles. The van der Waals surface area contributed by atoms with Crippen molar-refractivity contribution in [1.29, 1.82) is 0 Å². The highest BCUT2D eigenvalue weighted by Gasteiger charge is 2.13. The van der Waals surface area contributed by atoms with Gasteiger partial charge in [-0.15, -0.1) is 11.8 Å². The average Bonchev–Trinajstić information content (AvgIpc) is 2.57. The van der Waals surface area contributed by atoms with Crippen LogP contribution in [0, 0.1) is 6.92 Å². The molecular formula is C19H22N2O2S. The maximum Gasteiger partial charge on any atom is 0.243 e. The van der Waals surface area contributed by atoms with Gasteiger partial charge < -0.3 is 10.2 Å². The molecule has 0 aliphatic carbocycles. The van der Waals surface area contributed by atoms with Gasteiger partial charge in [-0.1, -0.05) is 48.0 Å². The molecule has 2 rings (SSSR count). The van der Waals surface area contributed by atoms with Gasteiger partial charge in [-0.25, -0.2) is 0 Å². The molecule has 0 saturated heterocycles. The average molecular weight is 342 g/mol. The van der Waals surface area contributed by atoms with Crippen molar-refractivity contribution in [3.8, 4) is 0 Å². The fourth-order valence-corrected chi connectivity index (χ4v) is 3.01. The van der Waals surface area contributed by atoms with E-state index in [9.17, 15) is 9.59 Å². The maximum absolute atomic E-state index is 12.1. The number of hydrogen-bond donors (Lipinski definition) is 1. The third-order valence-electron chi connectivity index (χ3n) is 3.48. The molecule has 2 amide bonds. The second-order valence-electron chi connectivity index (χ2n) is 5.64. The molecule has 126 valence electrons. The third-order valence-corrected chi connectivity index (χ3v) is 4.47. The summed E-state index contributed by atoms with van der Waals surface area (Å²) in [7, 11) is 1.65. The van der Waals surface area contributed by atoms with Gasteiger partial charge in [0.15, 0.2) is 0 Å². The lowest BCUT2D eigenvalue weighted by Gasteiger charge is -2.16. The van der Waals surface area contributed by atoms with Crippen LogP contribution in [0.4, 0.5) is 5.69 Å². The number of thioether (sulfide) groups is 1. The van der Waals surface area contributed by atoms with Gasteiger partial charge in [0.2, 0.25) is 11.8 Å². The van der Waals surface area contributed by atoms with Gasteiger partial charge in [-0.3, -0.25) is 9.59 Å². The minimum absolute atomic E-state index is 0.0463. The number of anilines is 1. The highest BCUT2D eigenvalue weighted by molar-refractivity contribution is 7.99. The Hall–Kier alpha value is -2.27. The zero-order valence-electron chi connectivity index (χ0n) is 14.0. The van der Waals surface area contributed by atoms with E-state index >= 15 is 0 Å². The Morgan fingerprint density at radius 1 is 1.04 bits per heavy atom. The molecule has 0 fully saturated rings. The lowest BCUT2D eigenvalue weighted by Crippen LogP contribution is -2.35. The number of nitrogens with one attached hydrogen (secondary N) is 1. The second kappa shape index (κ2) is 9.13. The summed E-state index contributed by atoms with van der Waals surface area (Å²) in [6.07, 6.45) is 0. The largest absolute Gasteiger partial charge is 0.336 e. The quantitative estimate of drug-likeness (QED) is 0.840. The Morgan fingerprint density at radius 3 is 2.38 bits per heavy atom. The predicted octanol–water partition coefficient (Wildman–Crippen LogP) is 3.33. The number of likely N-dealkylation sites (N-methyl/N-ethyl adjacent to an activating group) is 1. The summed E-state index contributed by atoms with van der Waals surface area (Å²) >= 11 is 1.55. The molecule has 0 atom stereocenters. The van der Waals surface area contributed by atoms with Crippen molar-refractivity contribution >= 4 is 29.3 Å². The standard InChI is InChI=1S/C19H22N2O2S/c1-15-8-10-17(11-9-15)20-18(22)12-21(2)19(23)14-24-13-16-6-4-3-5-7-16/h3-11H,12-14H2,1-2H3,(H,20,22). The molecule has 5 heteroatoms. The number of carbonyl (C=O) groups excluding carboxylic acids is 2. The van der Waals surface area contributed by atoms with E-state index in [2.05, 4.69) is 5.32 Å². The van der Waals surface area contributed by atoms with Gasteiger partial charge in [0.05, 0.1) is 12.3 Å². The first kappa shape index (κ1) is 18.1. The molecule has 24 heavy (non-hydrogen) atoms. The molecule has 0 saturated carbocycles. The van der Waals surface area contributed by atoms with Crippen molar-refractivity contribution in [2.24, 2.45) is 0 Å². The second-order valence-corrected chi connectivity index (χ2v) is 6.63. The summed E-state index contributed by atoms with van der Waals surface area (Å²) in [5.74, 6) is 0.914. The van der Waals surface area contributed by atoms with Crippen LogP contribution in [0.3, 0.4) is 0 Å². The molecular weight excluding hydrogens is 320 g/mol. The van der Waals surface area contributed by atoms with Gasteiger partial charge in [-0.05, 0) is 24.6 Å². The minimum atomic E-state index is -0.192. The van der Waals surface area contributed by atoms with Crippen LogP contribution in [-0.4, -0.2) is 36.1 Å². The first-order valence-corrected chi connectivity index (χ1v) is 8.92. The van der Waals surface area contributed by atoms with Crippen molar-refractivity contribution in [3.63, 3.8) is 0 Å². The molecule has 1 N–H and O–H groups in total. The molecule has 0 bridgehead atoms. The van der Waals surface area contributed by atoms with Crippen LogP contribution in [0.1, 0.15) is 11.1 Å². The predicted molar refractivity (Wildman–Crippen MR) is 100 cm³/mol. The summed E-state index contributed by atoms with van der Waals surface area (Å²) in [6.45, 7) is 2.05. The van der Waals surface area contributed by atoms with E-state index in [1.165, 1.54) is 10.5 Å². The van der Waals surface area contributed by atoms with E-state index in [1.54, 1.807) is 18.8 Å². The summed E-state index contributed by atoms with van der Waals surface area (Å²) in [4.78, 5) is 25.5. The summed E-state index contributed by atoms with van der Waals surface area (Å²) in [6, 6.07) is 17.6. The van der Waals surface area contributed by atoms with Crippen LogP contribution < -0.4 is 5.32 Å². The van der Waals surface area contributed by atoms with Crippen LogP contribution in [0.15, 0.2) is 54.6 Å². The van der Waals surface area contributed by atoms with Gasteiger partial charge in [0, 0.05) is 18.5 Å². The highest BCUT2D eigenvalue weighted by atomic mass is 32.2. The Morgan fingerprint density at radius 2 is 1.71 bits per heavy atom. The van der Waals surface area contributed by atoms with Crippen LogP contribution in [-0.2, 0) is 15.3 Å². The van der Waals surface area contributed by atoms with Gasteiger partial charge in [0.1, 0.15) is 0 Å². The van der Waals surface area contributed by atoms with Gasteiger partial charge >= 0.3 is 0 Å². The van der Waals surface area contributed by atoms with Crippen molar-refractivity contribution < 1.29 is 9.59 Å². The lowest BCUT2D eigenvalue weighted by atomic mass is 10.2. The summed E-state index contributed by atoms with van der Waals surface area (Å²) < 4.78 is 0. The molecule has 0 aliphatic heterocycles. The third kappa shape index (κ3) is 6.08. The fourth-order valence-electron chi connectivity index (χ4n) is 2.08. The Balaban J connectivity index is 1.72. The molecule has 4 nitrogen and oxygen atoms in total. The Bertz CT molecular complexity index is 672. The normalized spacial score (nSPS) is 10.2. The maximum atomic E-state index is 12.1. The molecule has 0 heterocycles. The summed E-state index contributed by atoms with van der Waals surface area (Å²) in [5, 5.41) is 2.80. The topological polar surface area (TPSA) is 49.4 Å². The Kier molecular flexibility index (Phi) is 6.88. The van der Waals surface area contributed by atoms with E-state index in [1.807, 2.05) is 61.5 Å². The van der Waals surface area contributed by atoms with Crippen molar-refractivity contribution in [1.82, 2.24) is 4.90 Å². The van der Waals surface area contributed by atoms with E-state index < -0.39 is 0 Å². The molecule has 0 unspecified atom stereocenters. The monoisotopic (exact) mass is 342 g/mol. The van der Waals surface area contributed by atoms with Gasteiger partial charge in [0.25, 0.3) is 0 Å². The molecule has 0 aliphatic rings. The number of hydrogen-bond acceptors (Lipinski definition) is 3. The first-order chi connectivity index (χ1) is 11.5. The van der Waals surface area contributed by atoms with Crippen molar-refractivity contribution in [3.05, 3.63) is 65.7 Å². The number of rotatable bonds is 7. The first-order valence-electron chi connectivity index (χ1n) is 7.77. The van der Waals surface area contributed by atoms with Crippen LogP contribution in [0.2, 0.25) is 0 Å². The summed E-state index contributed by atoms with van der Waals surface area (Å²) in [5.41, 5.74) is 3.07.